The molecule has 0 aliphatic heterocycles. The Morgan fingerprint density at radius 2 is 0.653 bits per heavy atom. The second kappa shape index (κ2) is 62.1. The third-order valence-electron chi connectivity index (χ3n) is 15.6. The maximum Gasteiger partial charge on any atom is 0.305 e. The first-order valence-corrected chi connectivity index (χ1v) is 32.9. The number of hydrogen-bond donors (Lipinski definition) is 3. The number of aliphatic hydroxyl groups is 2. The van der Waals surface area contributed by atoms with Crippen molar-refractivity contribution < 1.29 is 24.5 Å². The molecular formula is C66H129NO5. The molecule has 2 unspecified atom stereocenters. The minimum absolute atomic E-state index is 0.0206. The Morgan fingerprint density at radius 3 is 0.986 bits per heavy atom. The van der Waals surface area contributed by atoms with Crippen LogP contribution in [-0.2, 0) is 14.3 Å². The average Bonchev–Trinajstić information content (AvgIpc) is 3.38. The number of carbonyl (C=O) groups excluding carboxylic acids is 2. The van der Waals surface area contributed by atoms with E-state index in [0.717, 1.165) is 38.5 Å². The van der Waals surface area contributed by atoms with Gasteiger partial charge in [0.05, 0.1) is 25.4 Å². The number of rotatable bonds is 62. The van der Waals surface area contributed by atoms with Gasteiger partial charge in [-0.2, -0.15) is 0 Å². The molecule has 0 saturated carbocycles. The molecule has 0 fully saturated rings. The minimum atomic E-state index is -0.661. The van der Waals surface area contributed by atoms with E-state index in [4.69, 9.17) is 4.74 Å². The van der Waals surface area contributed by atoms with Crippen molar-refractivity contribution in [2.45, 2.75) is 386 Å². The summed E-state index contributed by atoms with van der Waals surface area (Å²) in [6.07, 6.45) is 75.4. The van der Waals surface area contributed by atoms with Gasteiger partial charge in [0.15, 0.2) is 0 Å². The lowest BCUT2D eigenvalue weighted by Crippen LogP contribution is -2.45. The summed E-state index contributed by atoms with van der Waals surface area (Å²) in [7, 11) is 0. The van der Waals surface area contributed by atoms with Gasteiger partial charge in [-0.25, -0.2) is 0 Å². The molecule has 72 heavy (non-hydrogen) atoms. The van der Waals surface area contributed by atoms with Crippen molar-refractivity contribution in [1.29, 1.82) is 0 Å². The number of aliphatic hydroxyl groups excluding tert-OH is 2. The second-order valence-electron chi connectivity index (χ2n) is 22.8. The Bertz CT molecular complexity index is 1080. The van der Waals surface area contributed by atoms with Gasteiger partial charge in [-0.05, 0) is 51.4 Å². The number of amides is 1. The number of esters is 1. The number of allylic oxidation sites excluding steroid dienone is 2. The third kappa shape index (κ3) is 57.9. The predicted molar refractivity (Wildman–Crippen MR) is 315 cm³/mol. The van der Waals surface area contributed by atoms with Gasteiger partial charge in [-0.3, -0.25) is 9.59 Å². The van der Waals surface area contributed by atoms with Crippen molar-refractivity contribution in [3.8, 4) is 0 Å². The van der Waals surface area contributed by atoms with Crippen LogP contribution in [0.25, 0.3) is 0 Å². The standard InChI is InChI=1S/C66H129NO5/c1-3-5-7-9-11-13-15-16-17-34-37-40-44-48-52-56-60-66(71)72-61-57-53-49-45-41-38-35-32-30-28-26-24-22-20-18-19-21-23-25-27-29-31-33-36-39-43-47-51-55-59-65(70)67-63(62-68)64(69)58-54-50-46-42-14-12-10-8-6-4-2/h18,20,63-64,68-69H,3-17,19,21-62H2,1-2H3,(H,67,70)/b20-18-. The van der Waals surface area contributed by atoms with Crippen LogP contribution in [0.1, 0.15) is 373 Å². The molecule has 6 heteroatoms. The summed E-state index contributed by atoms with van der Waals surface area (Å²) < 4.78 is 5.50. The highest BCUT2D eigenvalue weighted by Crippen LogP contribution is 2.18. The summed E-state index contributed by atoms with van der Waals surface area (Å²) in [6.45, 7) is 4.97. The summed E-state index contributed by atoms with van der Waals surface area (Å²) in [5.41, 5.74) is 0. The van der Waals surface area contributed by atoms with E-state index in [1.807, 2.05) is 0 Å². The van der Waals surface area contributed by atoms with E-state index in [-0.39, 0.29) is 18.5 Å². The van der Waals surface area contributed by atoms with Crippen LogP contribution >= 0.6 is 0 Å². The highest BCUT2D eigenvalue weighted by Gasteiger charge is 2.20. The zero-order valence-corrected chi connectivity index (χ0v) is 48.9. The quantitative estimate of drug-likeness (QED) is 0.0320. The zero-order chi connectivity index (χ0) is 52.2. The molecule has 0 bridgehead atoms. The first kappa shape index (κ1) is 70.6. The van der Waals surface area contributed by atoms with Crippen molar-refractivity contribution in [3.63, 3.8) is 0 Å². The number of unbranched alkanes of at least 4 members (excludes halogenated alkanes) is 49. The fraction of sp³-hybridized carbons (Fsp3) is 0.939. The molecule has 6 nitrogen and oxygen atoms in total. The highest BCUT2D eigenvalue weighted by molar-refractivity contribution is 5.76. The van der Waals surface area contributed by atoms with Crippen LogP contribution in [0.4, 0.5) is 0 Å². The van der Waals surface area contributed by atoms with Crippen molar-refractivity contribution in [3.05, 3.63) is 12.2 Å². The lowest BCUT2D eigenvalue weighted by Gasteiger charge is -2.22. The van der Waals surface area contributed by atoms with Crippen LogP contribution in [0.15, 0.2) is 12.2 Å². The van der Waals surface area contributed by atoms with E-state index in [9.17, 15) is 19.8 Å². The van der Waals surface area contributed by atoms with Crippen LogP contribution in [0.2, 0.25) is 0 Å². The van der Waals surface area contributed by atoms with Crippen LogP contribution in [-0.4, -0.2) is 47.4 Å². The first-order valence-electron chi connectivity index (χ1n) is 32.9. The van der Waals surface area contributed by atoms with Crippen LogP contribution in [0, 0.1) is 0 Å². The van der Waals surface area contributed by atoms with E-state index in [0.29, 0.717) is 25.9 Å². The van der Waals surface area contributed by atoms with Crippen molar-refractivity contribution in [2.24, 2.45) is 0 Å². The monoisotopic (exact) mass is 1020 g/mol. The van der Waals surface area contributed by atoms with Gasteiger partial charge >= 0.3 is 5.97 Å². The lowest BCUT2D eigenvalue weighted by molar-refractivity contribution is -0.143. The normalized spacial score (nSPS) is 12.6. The molecule has 0 aliphatic carbocycles. The molecule has 0 aliphatic rings. The number of carbonyl (C=O) groups is 2. The average molecular weight is 1020 g/mol. The van der Waals surface area contributed by atoms with Crippen LogP contribution in [0.5, 0.6) is 0 Å². The molecule has 0 heterocycles. The smallest absolute Gasteiger partial charge is 0.305 e. The topological polar surface area (TPSA) is 95.9 Å². The molecule has 2 atom stereocenters. The highest BCUT2D eigenvalue weighted by atomic mass is 16.5. The summed E-state index contributed by atoms with van der Waals surface area (Å²) >= 11 is 0. The Labute approximate surface area is 450 Å². The molecule has 0 radical (unpaired) electrons. The van der Waals surface area contributed by atoms with Gasteiger partial charge < -0.3 is 20.3 Å². The van der Waals surface area contributed by atoms with E-state index in [1.54, 1.807) is 0 Å². The molecular weight excluding hydrogens is 887 g/mol. The summed E-state index contributed by atoms with van der Waals surface area (Å²) in [5, 5.41) is 23.2. The predicted octanol–water partition coefficient (Wildman–Crippen LogP) is 20.8. The van der Waals surface area contributed by atoms with Crippen LogP contribution in [0.3, 0.4) is 0 Å². The lowest BCUT2D eigenvalue weighted by atomic mass is 10.0. The molecule has 0 aromatic carbocycles. The van der Waals surface area contributed by atoms with Gasteiger partial charge in [-0.15, -0.1) is 0 Å². The van der Waals surface area contributed by atoms with E-state index in [2.05, 4.69) is 31.3 Å². The number of ether oxygens (including phenoxy) is 1. The van der Waals surface area contributed by atoms with E-state index < -0.39 is 12.1 Å². The van der Waals surface area contributed by atoms with Gasteiger partial charge in [0.2, 0.25) is 5.91 Å². The fourth-order valence-corrected chi connectivity index (χ4v) is 10.5. The maximum atomic E-state index is 12.4. The molecule has 0 aromatic heterocycles. The SMILES string of the molecule is CCCCCCCCCCCCCCCCCCC(=O)OCCCCCCCCCCCCCC/C=C\CCCCCCCCCCCCCCCC(=O)NC(CO)C(O)CCCCCCCCCCCC. The van der Waals surface area contributed by atoms with Crippen molar-refractivity contribution in [1.82, 2.24) is 5.32 Å². The minimum Gasteiger partial charge on any atom is -0.466 e. The fourth-order valence-electron chi connectivity index (χ4n) is 10.5. The molecule has 0 aromatic rings. The number of hydrogen-bond acceptors (Lipinski definition) is 5. The van der Waals surface area contributed by atoms with Crippen LogP contribution < -0.4 is 5.32 Å². The van der Waals surface area contributed by atoms with Gasteiger partial charge in [0, 0.05) is 12.8 Å². The van der Waals surface area contributed by atoms with Gasteiger partial charge in [0.1, 0.15) is 0 Å². The number of nitrogens with one attached hydrogen (secondary N) is 1. The first-order chi connectivity index (χ1) is 35.5. The van der Waals surface area contributed by atoms with Crippen molar-refractivity contribution in [2.75, 3.05) is 13.2 Å². The van der Waals surface area contributed by atoms with E-state index in [1.165, 1.54) is 302 Å². The van der Waals surface area contributed by atoms with Crippen molar-refractivity contribution >= 4 is 11.9 Å². The molecule has 0 spiro atoms. The Balaban J connectivity index is 3.32. The maximum absolute atomic E-state index is 12.4. The Morgan fingerprint density at radius 1 is 0.375 bits per heavy atom. The Kier molecular flexibility index (Phi) is 60.9. The molecule has 428 valence electrons. The van der Waals surface area contributed by atoms with Gasteiger partial charge in [0.25, 0.3) is 0 Å². The zero-order valence-electron chi connectivity index (χ0n) is 48.9. The molecule has 0 saturated heterocycles. The second-order valence-corrected chi connectivity index (χ2v) is 22.8. The largest absolute Gasteiger partial charge is 0.466 e. The summed E-state index contributed by atoms with van der Waals surface area (Å²) in [4.78, 5) is 24.5. The van der Waals surface area contributed by atoms with E-state index >= 15 is 0 Å². The summed E-state index contributed by atoms with van der Waals surface area (Å²) in [5.74, 6) is -0.0134. The van der Waals surface area contributed by atoms with Gasteiger partial charge in [-0.1, -0.05) is 321 Å². The molecule has 3 N–H and O–H groups in total. The molecule has 1 amide bonds. The molecule has 0 rings (SSSR count). The summed E-state index contributed by atoms with van der Waals surface area (Å²) in [6, 6.07) is -0.538. The Hall–Kier alpha value is -1.40. The third-order valence-corrected chi connectivity index (χ3v) is 15.6.